The molecule has 3 heterocycles. The summed E-state index contributed by atoms with van der Waals surface area (Å²) in [7, 11) is 0. The predicted molar refractivity (Wildman–Crippen MR) is 126 cm³/mol. The Bertz CT molecular complexity index is 1220. The van der Waals surface area contributed by atoms with Gasteiger partial charge in [0.2, 0.25) is 6.41 Å². The van der Waals surface area contributed by atoms with Crippen molar-refractivity contribution < 1.29 is 23.6 Å². The van der Waals surface area contributed by atoms with E-state index >= 15 is 0 Å². The van der Waals surface area contributed by atoms with Gasteiger partial charge < -0.3 is 9.64 Å². The third-order valence-corrected chi connectivity index (χ3v) is 5.30. The third-order valence-electron chi connectivity index (χ3n) is 5.30. The molecule has 14 heteroatoms. The second-order valence-corrected chi connectivity index (χ2v) is 7.68. The van der Waals surface area contributed by atoms with Gasteiger partial charge in [-0.15, -0.1) is 5.10 Å². The van der Waals surface area contributed by atoms with E-state index in [1.807, 2.05) is 29.2 Å². The Morgan fingerprint density at radius 1 is 1.11 bits per heavy atom. The summed E-state index contributed by atoms with van der Waals surface area (Å²) in [5.74, 6) is -0.467. The number of non-ortho nitro benzene ring substituents is 1. The van der Waals surface area contributed by atoms with E-state index in [0.29, 0.717) is 32.6 Å². The molecule has 0 saturated carbocycles. The maximum absolute atomic E-state index is 12.2. The van der Waals surface area contributed by atoms with Gasteiger partial charge in [-0.1, -0.05) is 5.21 Å². The highest BCUT2D eigenvalue weighted by Crippen LogP contribution is 2.25. The van der Waals surface area contributed by atoms with Crippen LogP contribution < -0.4 is 9.80 Å². The normalized spacial score (nSPS) is 16.9. The predicted octanol–water partition coefficient (Wildman–Crippen LogP) is 2.26. The molecule has 2 amide bonds. The van der Waals surface area contributed by atoms with Gasteiger partial charge in [0.25, 0.3) is 5.69 Å². The van der Waals surface area contributed by atoms with Gasteiger partial charge >= 0.3 is 6.09 Å². The zero-order chi connectivity index (χ0) is 25.5. The van der Waals surface area contributed by atoms with Crippen LogP contribution in [0.15, 0.2) is 66.0 Å². The monoisotopic (exact) mass is 496 g/mol. The summed E-state index contributed by atoms with van der Waals surface area (Å²) in [6.45, 7) is 2.12. The highest BCUT2D eigenvalue weighted by molar-refractivity contribution is 5.90. The average Bonchev–Trinajstić information content (AvgIpc) is 3.54. The fourth-order valence-electron chi connectivity index (χ4n) is 3.48. The molecule has 0 aliphatic carbocycles. The molecule has 2 aliphatic rings. The van der Waals surface area contributed by atoms with Crippen molar-refractivity contribution in [2.75, 3.05) is 29.4 Å². The number of rotatable bonds is 6. The fourth-order valence-corrected chi connectivity index (χ4v) is 3.48. The number of hydrogen-bond donors (Lipinski definition) is 0. The minimum atomic E-state index is -0.570. The molecule has 1 fully saturated rings. The van der Waals surface area contributed by atoms with Crippen molar-refractivity contribution in [2.45, 2.75) is 12.6 Å². The Hall–Kier alpha value is -4.88. The summed E-state index contributed by atoms with van der Waals surface area (Å²) >= 11 is 0. The number of hydrogen-bond acceptors (Lipinski definition) is 9. The second kappa shape index (κ2) is 11.0. The number of nitrogens with zero attached hydrogens (tertiary/aromatic N) is 8. The quantitative estimate of drug-likeness (QED) is 0.288. The van der Waals surface area contributed by atoms with E-state index in [9.17, 15) is 24.1 Å². The molecule has 1 aromatic heterocycles. The first-order chi connectivity index (χ1) is 17.4. The van der Waals surface area contributed by atoms with Gasteiger partial charge in [0, 0.05) is 36.2 Å². The van der Waals surface area contributed by atoms with Crippen molar-refractivity contribution in [3.05, 3.63) is 76.9 Å². The lowest BCUT2D eigenvalue weighted by Gasteiger charge is -2.26. The Morgan fingerprint density at radius 2 is 1.83 bits per heavy atom. The van der Waals surface area contributed by atoms with Crippen LogP contribution in [0.5, 0.6) is 0 Å². The second-order valence-electron chi connectivity index (χ2n) is 7.68. The molecule has 13 nitrogen and oxygen atoms in total. The van der Waals surface area contributed by atoms with Gasteiger partial charge in [-0.2, -0.15) is 5.10 Å². The maximum Gasteiger partial charge on any atom is 0.414 e. The SMILES string of the molecule is O=CN1CCN(c2ccc(N3C[C@H](Cn4ccnn4)OC3=O)cc2)C=N1.O=[N+]([O-])c1ccc(F)cc1. The lowest BCUT2D eigenvalue weighted by atomic mass is 10.2. The van der Waals surface area contributed by atoms with Crippen molar-refractivity contribution >= 4 is 35.9 Å². The van der Waals surface area contributed by atoms with E-state index < -0.39 is 10.7 Å². The Labute approximate surface area is 204 Å². The lowest BCUT2D eigenvalue weighted by molar-refractivity contribution is -0.384. The van der Waals surface area contributed by atoms with Gasteiger partial charge in [0.1, 0.15) is 18.3 Å². The van der Waals surface area contributed by atoms with Crippen LogP contribution in [0, 0.1) is 15.9 Å². The molecule has 3 aromatic rings. The van der Waals surface area contributed by atoms with Crippen LogP contribution in [0.4, 0.5) is 26.2 Å². The van der Waals surface area contributed by atoms with E-state index in [0.717, 1.165) is 35.6 Å². The fraction of sp³-hybridized carbons (Fsp3) is 0.227. The third kappa shape index (κ3) is 5.97. The zero-order valence-corrected chi connectivity index (χ0v) is 18.8. The minimum absolute atomic E-state index is 0.0959. The molecule has 1 atom stereocenters. The molecular weight excluding hydrogens is 475 g/mol. The van der Waals surface area contributed by atoms with Crippen LogP contribution in [-0.4, -0.2) is 69.5 Å². The molecule has 2 aliphatic heterocycles. The van der Waals surface area contributed by atoms with E-state index in [1.165, 1.54) is 5.01 Å². The molecule has 36 heavy (non-hydrogen) atoms. The van der Waals surface area contributed by atoms with E-state index in [-0.39, 0.29) is 17.9 Å². The number of carbonyl (C=O) groups excluding carboxylic acids is 2. The summed E-state index contributed by atoms with van der Waals surface area (Å²) in [6, 6.07) is 11.9. The molecule has 0 unspecified atom stereocenters. The van der Waals surface area contributed by atoms with Gasteiger partial charge in [-0.3, -0.25) is 19.8 Å². The first-order valence-corrected chi connectivity index (χ1v) is 10.8. The molecule has 186 valence electrons. The van der Waals surface area contributed by atoms with E-state index in [4.69, 9.17) is 4.74 Å². The summed E-state index contributed by atoms with van der Waals surface area (Å²) in [5, 5.41) is 23.0. The van der Waals surface area contributed by atoms with Crippen LogP contribution in [0.25, 0.3) is 0 Å². The number of cyclic esters (lactones) is 1. The number of ether oxygens (including phenoxy) is 1. The highest BCUT2D eigenvalue weighted by atomic mass is 19.1. The van der Waals surface area contributed by atoms with Crippen LogP contribution >= 0.6 is 0 Å². The van der Waals surface area contributed by atoms with Gasteiger partial charge in [-0.25, -0.2) is 18.9 Å². The van der Waals surface area contributed by atoms with Crippen LogP contribution in [0.2, 0.25) is 0 Å². The van der Waals surface area contributed by atoms with Crippen LogP contribution in [-0.2, 0) is 16.1 Å². The van der Waals surface area contributed by atoms with Crippen LogP contribution in [0.3, 0.4) is 0 Å². The Balaban J connectivity index is 0.000000256. The summed E-state index contributed by atoms with van der Waals surface area (Å²) in [4.78, 5) is 35.8. The lowest BCUT2D eigenvalue weighted by Crippen LogP contribution is -2.37. The molecule has 2 aromatic carbocycles. The first kappa shape index (κ1) is 24.3. The van der Waals surface area contributed by atoms with Gasteiger partial charge in [0.15, 0.2) is 0 Å². The van der Waals surface area contributed by atoms with Crippen LogP contribution in [0.1, 0.15) is 0 Å². The smallest absolute Gasteiger partial charge is 0.414 e. The number of halogens is 1. The minimum Gasteiger partial charge on any atom is -0.442 e. The summed E-state index contributed by atoms with van der Waals surface area (Å²) < 4.78 is 19.2. The van der Waals surface area contributed by atoms with Crippen molar-refractivity contribution in [3.8, 4) is 0 Å². The number of benzene rings is 2. The Kier molecular flexibility index (Phi) is 7.43. The van der Waals surface area contributed by atoms with Crippen molar-refractivity contribution in [1.29, 1.82) is 0 Å². The standard InChI is InChI=1S/C16H17N7O3.C6H4FNO2/c24-12-22-8-7-20(11-18-22)13-1-3-14(4-2-13)23-10-15(26-16(23)25)9-21-6-5-17-19-21;7-5-1-3-6(4-2-5)8(9)10/h1-6,11-12,15H,7-10H2;1-4H/t15-;/m0./s1. The number of anilines is 2. The number of carbonyl (C=O) groups is 2. The number of hydrazone groups is 1. The summed E-state index contributed by atoms with van der Waals surface area (Å²) in [5.41, 5.74) is 1.61. The molecule has 0 radical (unpaired) electrons. The topological polar surface area (TPSA) is 139 Å². The average molecular weight is 496 g/mol. The molecular formula is C22H21FN8O5. The maximum atomic E-state index is 12.2. The molecule has 1 saturated heterocycles. The largest absolute Gasteiger partial charge is 0.442 e. The van der Waals surface area contributed by atoms with Gasteiger partial charge in [0.05, 0.1) is 30.8 Å². The number of aromatic nitrogens is 3. The van der Waals surface area contributed by atoms with Crippen molar-refractivity contribution in [2.24, 2.45) is 5.10 Å². The van der Waals surface area contributed by atoms with Crippen molar-refractivity contribution in [1.82, 2.24) is 20.0 Å². The number of nitro groups is 1. The van der Waals surface area contributed by atoms with Gasteiger partial charge in [-0.05, 0) is 36.4 Å². The molecule has 5 rings (SSSR count). The number of amides is 2. The first-order valence-electron chi connectivity index (χ1n) is 10.8. The number of nitro benzene ring substituents is 1. The molecule has 0 bridgehead atoms. The molecule has 0 spiro atoms. The van der Waals surface area contributed by atoms with E-state index in [1.54, 1.807) is 28.3 Å². The molecule has 0 N–H and O–H groups in total. The Morgan fingerprint density at radius 3 is 2.42 bits per heavy atom. The van der Waals surface area contributed by atoms with Crippen molar-refractivity contribution in [3.63, 3.8) is 0 Å². The van der Waals surface area contributed by atoms with E-state index in [2.05, 4.69) is 15.4 Å². The zero-order valence-electron chi connectivity index (χ0n) is 18.8. The highest BCUT2D eigenvalue weighted by Gasteiger charge is 2.32. The summed E-state index contributed by atoms with van der Waals surface area (Å²) in [6.07, 6.45) is 5.00.